The molecule has 4 rings (SSSR count). The Hall–Kier alpha value is -3.74. The standard InChI is InChI=1S/C20H15N3O4/c24-19(25)17-9-22-18(10-21-17)23-20(26)27-11-16-14-7-3-1-5-12(14)13-6-2-4-8-15(13)16/h1-10,16H,11H2,(H,24,25)(H,22,23,26). The summed E-state index contributed by atoms with van der Waals surface area (Å²) in [6.07, 6.45) is 1.57. The molecule has 134 valence electrons. The van der Waals surface area contributed by atoms with Crippen molar-refractivity contribution in [3.8, 4) is 11.1 Å². The Balaban J connectivity index is 1.45. The van der Waals surface area contributed by atoms with Gasteiger partial charge in [0, 0.05) is 5.92 Å². The first kappa shape index (κ1) is 16.7. The van der Waals surface area contributed by atoms with Gasteiger partial charge in [-0.1, -0.05) is 48.5 Å². The third-order valence-corrected chi connectivity index (χ3v) is 4.44. The molecule has 0 spiro atoms. The van der Waals surface area contributed by atoms with Crippen molar-refractivity contribution in [3.05, 3.63) is 77.7 Å². The number of amides is 1. The van der Waals surface area contributed by atoms with Gasteiger partial charge in [0.25, 0.3) is 0 Å². The number of rotatable bonds is 4. The number of hydrogen-bond donors (Lipinski definition) is 2. The van der Waals surface area contributed by atoms with E-state index in [0.717, 1.165) is 28.5 Å². The van der Waals surface area contributed by atoms with Gasteiger partial charge in [0.1, 0.15) is 6.61 Å². The molecule has 1 heterocycles. The molecule has 27 heavy (non-hydrogen) atoms. The maximum absolute atomic E-state index is 12.1. The molecule has 1 aliphatic rings. The highest BCUT2D eigenvalue weighted by atomic mass is 16.5. The van der Waals surface area contributed by atoms with Crippen LogP contribution < -0.4 is 5.32 Å². The largest absolute Gasteiger partial charge is 0.476 e. The molecule has 3 aromatic rings. The molecule has 7 heteroatoms. The molecule has 2 aromatic carbocycles. The van der Waals surface area contributed by atoms with Crippen molar-refractivity contribution in [1.29, 1.82) is 0 Å². The zero-order valence-electron chi connectivity index (χ0n) is 14.1. The van der Waals surface area contributed by atoms with Gasteiger partial charge >= 0.3 is 12.1 Å². The maximum atomic E-state index is 12.1. The highest BCUT2D eigenvalue weighted by Gasteiger charge is 2.29. The van der Waals surface area contributed by atoms with Crippen LogP contribution in [0.15, 0.2) is 60.9 Å². The number of aromatic nitrogens is 2. The highest BCUT2D eigenvalue weighted by Crippen LogP contribution is 2.44. The minimum absolute atomic E-state index is 0.0383. The van der Waals surface area contributed by atoms with Gasteiger partial charge in [0.2, 0.25) is 0 Å². The first-order chi connectivity index (χ1) is 13.1. The van der Waals surface area contributed by atoms with Crippen molar-refractivity contribution in [2.45, 2.75) is 5.92 Å². The van der Waals surface area contributed by atoms with Crippen LogP contribution >= 0.6 is 0 Å². The number of carbonyl (C=O) groups excluding carboxylic acids is 1. The normalized spacial score (nSPS) is 12.1. The molecule has 0 radical (unpaired) electrons. The Labute approximate surface area is 154 Å². The van der Waals surface area contributed by atoms with Gasteiger partial charge in [-0.15, -0.1) is 0 Å². The Bertz CT molecular complexity index is 972. The van der Waals surface area contributed by atoms with Crippen molar-refractivity contribution in [1.82, 2.24) is 9.97 Å². The zero-order valence-corrected chi connectivity index (χ0v) is 14.1. The third kappa shape index (κ3) is 3.22. The Kier molecular flexibility index (Phi) is 4.25. The number of carboxylic acid groups (broad SMARTS) is 1. The quantitative estimate of drug-likeness (QED) is 0.737. The van der Waals surface area contributed by atoms with Gasteiger partial charge in [-0.05, 0) is 22.3 Å². The number of fused-ring (bicyclic) bond motifs is 3. The summed E-state index contributed by atoms with van der Waals surface area (Å²) in [6, 6.07) is 16.1. The summed E-state index contributed by atoms with van der Waals surface area (Å²) >= 11 is 0. The van der Waals surface area contributed by atoms with Crippen LogP contribution in [0, 0.1) is 0 Å². The lowest BCUT2D eigenvalue weighted by Crippen LogP contribution is -2.18. The van der Waals surface area contributed by atoms with E-state index in [-0.39, 0.29) is 24.0 Å². The van der Waals surface area contributed by atoms with Crippen LogP contribution in [0.4, 0.5) is 10.6 Å². The van der Waals surface area contributed by atoms with Crippen molar-refractivity contribution in [2.75, 3.05) is 11.9 Å². The lowest BCUT2D eigenvalue weighted by molar-refractivity contribution is 0.0690. The second-order valence-corrected chi connectivity index (χ2v) is 6.04. The number of carbonyl (C=O) groups is 2. The predicted octanol–water partition coefficient (Wildman–Crippen LogP) is 3.54. The molecular formula is C20H15N3O4. The number of ether oxygens (including phenoxy) is 1. The molecule has 0 saturated carbocycles. The minimum Gasteiger partial charge on any atom is -0.476 e. The Morgan fingerprint density at radius 2 is 1.59 bits per heavy atom. The summed E-state index contributed by atoms with van der Waals surface area (Å²) in [7, 11) is 0. The number of nitrogens with zero attached hydrogens (tertiary/aromatic N) is 2. The molecule has 0 fully saturated rings. The number of carboxylic acids is 1. The van der Waals surface area contributed by atoms with Crippen LogP contribution in [-0.4, -0.2) is 33.7 Å². The van der Waals surface area contributed by atoms with E-state index in [0.29, 0.717) is 0 Å². The molecule has 1 amide bonds. The van der Waals surface area contributed by atoms with Crippen molar-refractivity contribution in [2.24, 2.45) is 0 Å². The van der Waals surface area contributed by atoms with E-state index in [4.69, 9.17) is 9.84 Å². The van der Waals surface area contributed by atoms with Crippen LogP contribution in [0.3, 0.4) is 0 Å². The lowest BCUT2D eigenvalue weighted by Gasteiger charge is -2.14. The van der Waals surface area contributed by atoms with E-state index < -0.39 is 12.1 Å². The second kappa shape index (κ2) is 6.87. The van der Waals surface area contributed by atoms with Crippen LogP contribution in [0.5, 0.6) is 0 Å². The van der Waals surface area contributed by atoms with Gasteiger partial charge in [-0.2, -0.15) is 0 Å². The monoisotopic (exact) mass is 361 g/mol. The molecule has 0 aliphatic heterocycles. The fraction of sp³-hybridized carbons (Fsp3) is 0.100. The van der Waals surface area contributed by atoms with Gasteiger partial charge < -0.3 is 9.84 Å². The summed E-state index contributed by atoms with van der Waals surface area (Å²) in [6.45, 7) is 0.181. The van der Waals surface area contributed by atoms with Crippen LogP contribution in [-0.2, 0) is 4.74 Å². The molecular weight excluding hydrogens is 346 g/mol. The number of nitrogens with one attached hydrogen (secondary N) is 1. The van der Waals surface area contributed by atoms with E-state index in [9.17, 15) is 9.59 Å². The van der Waals surface area contributed by atoms with Gasteiger partial charge in [-0.3, -0.25) is 5.32 Å². The molecule has 0 bridgehead atoms. The summed E-state index contributed by atoms with van der Waals surface area (Å²) in [5.74, 6) is -1.10. The second-order valence-electron chi connectivity index (χ2n) is 6.04. The average Bonchev–Trinajstić information content (AvgIpc) is 3.01. The average molecular weight is 361 g/mol. The van der Waals surface area contributed by atoms with Gasteiger partial charge in [-0.25, -0.2) is 19.6 Å². The molecule has 0 unspecified atom stereocenters. The van der Waals surface area contributed by atoms with E-state index in [1.165, 1.54) is 6.20 Å². The van der Waals surface area contributed by atoms with Gasteiger partial charge in [0.15, 0.2) is 11.5 Å². The Morgan fingerprint density at radius 1 is 0.963 bits per heavy atom. The summed E-state index contributed by atoms with van der Waals surface area (Å²) in [4.78, 5) is 30.4. The van der Waals surface area contributed by atoms with Crippen molar-refractivity contribution in [3.63, 3.8) is 0 Å². The summed E-state index contributed by atoms with van der Waals surface area (Å²) < 4.78 is 5.39. The predicted molar refractivity (Wildman–Crippen MR) is 97.7 cm³/mol. The van der Waals surface area contributed by atoms with Crippen molar-refractivity contribution < 1.29 is 19.4 Å². The molecule has 0 saturated heterocycles. The van der Waals surface area contributed by atoms with E-state index in [1.54, 1.807) is 0 Å². The maximum Gasteiger partial charge on any atom is 0.412 e. The van der Waals surface area contributed by atoms with E-state index in [1.807, 2.05) is 36.4 Å². The SMILES string of the molecule is O=C(Nc1cnc(C(=O)O)cn1)OCC1c2ccccc2-c2ccccc21. The summed E-state index contributed by atoms with van der Waals surface area (Å²) in [5.41, 5.74) is 4.34. The molecule has 0 atom stereocenters. The molecule has 1 aliphatic carbocycles. The number of benzene rings is 2. The minimum atomic E-state index is -1.19. The zero-order chi connectivity index (χ0) is 18.8. The molecule has 7 nitrogen and oxygen atoms in total. The fourth-order valence-corrected chi connectivity index (χ4v) is 3.24. The van der Waals surface area contributed by atoms with Gasteiger partial charge in [0.05, 0.1) is 12.4 Å². The number of anilines is 1. The first-order valence-corrected chi connectivity index (χ1v) is 8.31. The molecule has 2 N–H and O–H groups in total. The van der Waals surface area contributed by atoms with E-state index in [2.05, 4.69) is 27.4 Å². The number of hydrogen-bond acceptors (Lipinski definition) is 5. The lowest BCUT2D eigenvalue weighted by atomic mass is 9.98. The Morgan fingerprint density at radius 3 is 2.15 bits per heavy atom. The third-order valence-electron chi connectivity index (χ3n) is 4.44. The van der Waals surface area contributed by atoms with Crippen LogP contribution in [0.2, 0.25) is 0 Å². The smallest absolute Gasteiger partial charge is 0.412 e. The topological polar surface area (TPSA) is 101 Å². The fourth-order valence-electron chi connectivity index (χ4n) is 3.24. The highest BCUT2D eigenvalue weighted by molar-refractivity contribution is 5.86. The summed E-state index contributed by atoms with van der Waals surface area (Å²) in [5, 5.41) is 11.3. The van der Waals surface area contributed by atoms with E-state index >= 15 is 0 Å². The first-order valence-electron chi connectivity index (χ1n) is 8.31. The van der Waals surface area contributed by atoms with Crippen LogP contribution in [0.25, 0.3) is 11.1 Å². The number of aromatic carboxylic acids is 1. The van der Waals surface area contributed by atoms with Crippen molar-refractivity contribution >= 4 is 17.9 Å². The molecule has 1 aromatic heterocycles. The van der Waals surface area contributed by atoms with Crippen LogP contribution in [0.1, 0.15) is 27.5 Å².